The smallest absolute Gasteiger partial charge is 0.304 e. The number of nitrogens with one attached hydrogen (secondary N) is 1. The van der Waals surface area contributed by atoms with Gasteiger partial charge in [0.05, 0.1) is 17.2 Å². The van der Waals surface area contributed by atoms with E-state index in [9.17, 15) is 18.5 Å². The molecule has 0 bridgehead atoms. The fraction of sp³-hybridized carbons (Fsp3) is 0.222. The molecule has 0 aliphatic rings. The van der Waals surface area contributed by atoms with Crippen LogP contribution in [0.25, 0.3) is 0 Å². The number of rotatable bonds is 5. The maximum absolute atomic E-state index is 12.0. The third-order valence-corrected chi connectivity index (χ3v) is 5.12. The number of aromatic nitrogens is 1. The van der Waals surface area contributed by atoms with Crippen molar-refractivity contribution in [2.75, 3.05) is 5.73 Å². The fourth-order valence-corrected chi connectivity index (χ4v) is 3.64. The zero-order chi connectivity index (χ0) is 14.9. The van der Waals surface area contributed by atoms with Gasteiger partial charge in [0.25, 0.3) is 10.0 Å². The van der Waals surface area contributed by atoms with Crippen LogP contribution in [0.1, 0.15) is 11.5 Å². The highest BCUT2D eigenvalue weighted by Crippen LogP contribution is 2.34. The van der Waals surface area contributed by atoms with E-state index in [1.807, 2.05) is 0 Å². The Morgan fingerprint density at radius 2 is 2.25 bits per heavy atom. The largest absolute Gasteiger partial charge is 0.385 e. The molecule has 0 amide bonds. The van der Waals surface area contributed by atoms with Gasteiger partial charge in [-0.15, -0.1) is 0 Å². The lowest BCUT2D eigenvalue weighted by molar-refractivity contribution is -0.383. The minimum Gasteiger partial charge on any atom is -0.385 e. The zero-order valence-electron chi connectivity index (χ0n) is 10.2. The van der Waals surface area contributed by atoms with Crippen molar-refractivity contribution >= 4 is 32.0 Å². The van der Waals surface area contributed by atoms with Crippen LogP contribution >= 0.6 is 11.3 Å². The number of nitrogen functional groups attached to an aromatic ring is 1. The average Bonchev–Trinajstić information content (AvgIpc) is 2.93. The van der Waals surface area contributed by atoms with Gasteiger partial charge in [-0.2, -0.15) is 0 Å². The van der Waals surface area contributed by atoms with Crippen LogP contribution in [0.2, 0.25) is 0 Å². The summed E-state index contributed by atoms with van der Waals surface area (Å²) >= 11 is 0.629. The molecule has 0 aliphatic carbocycles. The summed E-state index contributed by atoms with van der Waals surface area (Å²) in [4.78, 5) is 9.91. The first-order valence-electron chi connectivity index (χ1n) is 5.25. The van der Waals surface area contributed by atoms with Crippen LogP contribution in [0, 0.1) is 17.0 Å². The Morgan fingerprint density at radius 1 is 1.55 bits per heavy atom. The monoisotopic (exact) mass is 318 g/mol. The Kier molecular flexibility index (Phi) is 3.74. The van der Waals surface area contributed by atoms with Gasteiger partial charge in [-0.05, 0) is 6.92 Å². The van der Waals surface area contributed by atoms with E-state index in [2.05, 4.69) is 9.88 Å². The first-order valence-corrected chi connectivity index (χ1v) is 7.55. The number of thiophene rings is 1. The molecular formula is C9H10N4O5S2. The molecule has 2 aromatic heterocycles. The van der Waals surface area contributed by atoms with Gasteiger partial charge in [0.2, 0.25) is 0 Å². The van der Waals surface area contributed by atoms with E-state index in [0.29, 0.717) is 22.8 Å². The molecular weight excluding hydrogens is 308 g/mol. The van der Waals surface area contributed by atoms with Crippen LogP contribution in [0.4, 0.5) is 10.7 Å². The molecule has 108 valence electrons. The van der Waals surface area contributed by atoms with Gasteiger partial charge in [0.1, 0.15) is 4.21 Å². The van der Waals surface area contributed by atoms with Crippen LogP contribution in [0.5, 0.6) is 0 Å². The Labute approximate surface area is 117 Å². The normalized spacial score (nSPS) is 11.7. The third kappa shape index (κ3) is 2.95. The summed E-state index contributed by atoms with van der Waals surface area (Å²) in [5.41, 5.74) is 5.60. The number of anilines is 1. The van der Waals surface area contributed by atoms with Crippen molar-refractivity contribution in [2.24, 2.45) is 0 Å². The Hall–Kier alpha value is -1.98. The average molecular weight is 318 g/mol. The van der Waals surface area contributed by atoms with Gasteiger partial charge in [-0.3, -0.25) is 10.1 Å². The fourth-order valence-electron chi connectivity index (χ4n) is 1.38. The Morgan fingerprint density at radius 3 is 2.75 bits per heavy atom. The summed E-state index contributed by atoms with van der Waals surface area (Å²) in [6.45, 7) is 1.60. The summed E-state index contributed by atoms with van der Waals surface area (Å²) in [6, 6.07) is 2.50. The van der Waals surface area contributed by atoms with Gasteiger partial charge in [0, 0.05) is 12.1 Å². The molecule has 20 heavy (non-hydrogen) atoms. The molecule has 0 spiro atoms. The zero-order valence-corrected chi connectivity index (χ0v) is 11.8. The molecule has 11 heteroatoms. The summed E-state index contributed by atoms with van der Waals surface area (Å²) in [5.74, 6) is 0.338. The van der Waals surface area contributed by atoms with Crippen molar-refractivity contribution in [3.05, 3.63) is 33.7 Å². The molecule has 2 aromatic rings. The number of nitrogens with zero attached hydrogens (tertiary/aromatic N) is 2. The molecule has 0 saturated carbocycles. The maximum atomic E-state index is 12.0. The van der Waals surface area contributed by atoms with Gasteiger partial charge in [-0.1, -0.05) is 16.5 Å². The summed E-state index contributed by atoms with van der Waals surface area (Å²) < 4.78 is 30.8. The highest BCUT2D eigenvalue weighted by atomic mass is 32.2. The standard InChI is InChI=1S/C9H10N4O5S2/c1-5-2-6(18-12-5)4-11-20(16,17)8-3-7(13(14)15)9(10)19-8/h2-3,11H,4,10H2,1H3. The quantitative estimate of drug-likeness (QED) is 0.619. The number of hydrogen-bond acceptors (Lipinski definition) is 8. The van der Waals surface area contributed by atoms with E-state index >= 15 is 0 Å². The highest BCUT2D eigenvalue weighted by molar-refractivity contribution is 7.91. The number of nitro groups is 1. The van der Waals surface area contributed by atoms with Gasteiger partial charge >= 0.3 is 5.69 Å². The van der Waals surface area contributed by atoms with E-state index in [-0.39, 0.29) is 15.8 Å². The minimum absolute atomic E-state index is 0.102. The molecule has 0 saturated heterocycles. The summed E-state index contributed by atoms with van der Waals surface area (Å²) in [7, 11) is -3.89. The van der Waals surface area contributed by atoms with Crippen molar-refractivity contribution in [1.29, 1.82) is 0 Å². The molecule has 9 nitrogen and oxygen atoms in total. The van der Waals surface area contributed by atoms with Crippen LogP contribution in [-0.2, 0) is 16.6 Å². The lowest BCUT2D eigenvalue weighted by atomic mass is 10.4. The van der Waals surface area contributed by atoms with E-state index in [4.69, 9.17) is 10.3 Å². The number of sulfonamides is 1. The van der Waals surface area contributed by atoms with E-state index in [1.54, 1.807) is 13.0 Å². The molecule has 0 unspecified atom stereocenters. The molecule has 0 radical (unpaired) electrons. The third-order valence-electron chi connectivity index (χ3n) is 2.29. The lowest BCUT2D eigenvalue weighted by Gasteiger charge is -2.00. The number of aryl methyl sites for hydroxylation is 1. The summed E-state index contributed by atoms with van der Waals surface area (Å²) in [6.07, 6.45) is 0. The lowest BCUT2D eigenvalue weighted by Crippen LogP contribution is -2.22. The number of hydrogen-bond donors (Lipinski definition) is 2. The van der Waals surface area contributed by atoms with Gasteiger partial charge in [0.15, 0.2) is 10.8 Å². The van der Waals surface area contributed by atoms with E-state index in [1.165, 1.54) is 0 Å². The first kappa shape index (κ1) is 14.4. The first-order chi connectivity index (χ1) is 9.29. The van der Waals surface area contributed by atoms with E-state index < -0.39 is 20.6 Å². The molecule has 2 rings (SSSR count). The molecule has 0 atom stereocenters. The molecule has 0 aromatic carbocycles. The van der Waals surface area contributed by atoms with Gasteiger partial charge in [-0.25, -0.2) is 13.1 Å². The Balaban J connectivity index is 2.18. The minimum atomic E-state index is -3.89. The topological polar surface area (TPSA) is 141 Å². The van der Waals surface area contributed by atoms with Crippen LogP contribution in [0.15, 0.2) is 20.9 Å². The highest BCUT2D eigenvalue weighted by Gasteiger charge is 2.24. The van der Waals surface area contributed by atoms with Crippen molar-refractivity contribution in [1.82, 2.24) is 9.88 Å². The second kappa shape index (κ2) is 5.19. The maximum Gasteiger partial charge on any atom is 0.304 e. The molecule has 0 fully saturated rings. The van der Waals surface area contributed by atoms with Crippen LogP contribution in [-0.4, -0.2) is 18.5 Å². The van der Waals surface area contributed by atoms with Crippen LogP contribution in [0.3, 0.4) is 0 Å². The molecule has 3 N–H and O–H groups in total. The van der Waals surface area contributed by atoms with Crippen molar-refractivity contribution < 1.29 is 17.9 Å². The number of nitrogens with two attached hydrogens (primary N) is 1. The van der Waals surface area contributed by atoms with Crippen molar-refractivity contribution in [3.63, 3.8) is 0 Å². The van der Waals surface area contributed by atoms with Crippen LogP contribution < -0.4 is 10.5 Å². The predicted molar refractivity (Wildman–Crippen MR) is 70.7 cm³/mol. The van der Waals surface area contributed by atoms with Crippen molar-refractivity contribution in [3.8, 4) is 0 Å². The summed E-state index contributed by atoms with van der Waals surface area (Å²) in [5, 5.41) is 14.1. The molecule has 0 aliphatic heterocycles. The van der Waals surface area contributed by atoms with Gasteiger partial charge < -0.3 is 10.3 Å². The second-order valence-corrected chi connectivity index (χ2v) is 6.91. The second-order valence-electron chi connectivity index (χ2n) is 3.83. The SMILES string of the molecule is Cc1cc(CNS(=O)(=O)c2cc([N+](=O)[O-])c(N)s2)on1. The molecule has 2 heterocycles. The Bertz CT molecular complexity index is 748. The predicted octanol–water partition coefficient (Wildman–Crippen LogP) is 1.01. The van der Waals surface area contributed by atoms with E-state index in [0.717, 1.165) is 6.07 Å². The van der Waals surface area contributed by atoms with Crippen molar-refractivity contribution in [2.45, 2.75) is 17.7 Å².